The smallest absolute Gasteiger partial charge is 0.252 e. The van der Waals surface area contributed by atoms with Crippen LogP contribution in [0, 0.1) is 6.92 Å². The van der Waals surface area contributed by atoms with Crippen LogP contribution in [0.25, 0.3) is 22.6 Å². The summed E-state index contributed by atoms with van der Waals surface area (Å²) in [5.74, 6) is 0.964. The minimum Gasteiger partial charge on any atom is -0.404 e. The van der Waals surface area contributed by atoms with E-state index in [1.54, 1.807) is 6.20 Å². The number of hydrogen-bond acceptors (Lipinski definition) is 6. The van der Waals surface area contributed by atoms with E-state index in [4.69, 9.17) is 16.6 Å². The van der Waals surface area contributed by atoms with Crippen LogP contribution >= 0.6 is 0 Å². The van der Waals surface area contributed by atoms with Gasteiger partial charge in [0, 0.05) is 35.8 Å². The molecule has 0 unspecified atom stereocenters. The lowest BCUT2D eigenvalue weighted by Crippen LogP contribution is -2.15. The van der Waals surface area contributed by atoms with Gasteiger partial charge in [-0.1, -0.05) is 6.07 Å². The number of nitrogens with one attached hydrogen (secondary N) is 1. The zero-order chi connectivity index (χ0) is 19.7. The summed E-state index contributed by atoms with van der Waals surface area (Å²) in [4.78, 5) is 20.6. The molecular weight excluding hydrogens is 354 g/mol. The van der Waals surface area contributed by atoms with E-state index in [-0.39, 0.29) is 5.57 Å². The summed E-state index contributed by atoms with van der Waals surface area (Å²) in [6.45, 7) is 2.83. The van der Waals surface area contributed by atoms with Crippen LogP contribution in [0.5, 0.6) is 0 Å². The molecule has 0 fully saturated rings. The number of fused-ring (bicyclic) bond motifs is 1. The van der Waals surface area contributed by atoms with Crippen LogP contribution < -0.4 is 16.8 Å². The molecule has 3 aromatic heterocycles. The zero-order valence-corrected chi connectivity index (χ0v) is 15.5. The first-order valence-electron chi connectivity index (χ1n) is 9.07. The molecule has 0 spiro atoms. The molecule has 0 saturated carbocycles. The highest BCUT2D eigenvalue weighted by molar-refractivity contribution is 6.18. The third-order valence-corrected chi connectivity index (χ3v) is 4.71. The number of primary amides is 1. The molecule has 0 saturated heterocycles. The number of aromatic nitrogens is 4. The van der Waals surface area contributed by atoms with Gasteiger partial charge in [-0.15, -0.1) is 5.10 Å². The van der Waals surface area contributed by atoms with Crippen LogP contribution in [0.4, 0.5) is 5.82 Å². The monoisotopic (exact) mass is 375 g/mol. The molecule has 8 nitrogen and oxygen atoms in total. The van der Waals surface area contributed by atoms with Crippen molar-refractivity contribution < 1.29 is 4.79 Å². The topological polar surface area (TPSA) is 125 Å². The van der Waals surface area contributed by atoms with Gasteiger partial charge in [0.05, 0.1) is 17.0 Å². The molecule has 0 radical (unpaired) electrons. The maximum Gasteiger partial charge on any atom is 0.252 e. The van der Waals surface area contributed by atoms with Gasteiger partial charge < -0.3 is 16.8 Å². The van der Waals surface area contributed by atoms with Gasteiger partial charge in [-0.3, -0.25) is 9.78 Å². The summed E-state index contributed by atoms with van der Waals surface area (Å²) in [5.41, 5.74) is 15.4. The number of aryl methyl sites for hydroxylation is 1. The highest BCUT2D eigenvalue weighted by Gasteiger charge is 2.24. The Morgan fingerprint density at radius 2 is 2.18 bits per heavy atom. The zero-order valence-electron chi connectivity index (χ0n) is 15.5. The fraction of sp³-hybridized carbons (Fsp3) is 0.200. The van der Waals surface area contributed by atoms with Gasteiger partial charge in [0.15, 0.2) is 11.6 Å². The SMILES string of the molecule is Cc1cccc(-n2nc3c(c2-c2ccnc(C(=CN)C(N)=O)c2)CCCN3)n1. The van der Waals surface area contributed by atoms with Gasteiger partial charge in [-0.25, -0.2) is 9.67 Å². The number of carbonyl (C=O) groups excluding carboxylic acids is 1. The van der Waals surface area contributed by atoms with Gasteiger partial charge in [-0.05, 0) is 44.0 Å². The van der Waals surface area contributed by atoms with Crippen molar-refractivity contribution in [3.05, 3.63) is 59.7 Å². The Morgan fingerprint density at radius 1 is 1.32 bits per heavy atom. The maximum atomic E-state index is 11.7. The lowest BCUT2D eigenvalue weighted by molar-refractivity contribution is -0.112. The Bertz CT molecular complexity index is 1080. The lowest BCUT2D eigenvalue weighted by Gasteiger charge is -2.14. The Kier molecular flexibility index (Phi) is 4.52. The van der Waals surface area contributed by atoms with Crippen molar-refractivity contribution in [1.29, 1.82) is 0 Å². The van der Waals surface area contributed by atoms with Gasteiger partial charge in [-0.2, -0.15) is 0 Å². The van der Waals surface area contributed by atoms with Crippen molar-refractivity contribution in [2.45, 2.75) is 19.8 Å². The normalized spacial score (nSPS) is 13.7. The third kappa shape index (κ3) is 3.09. The molecule has 3 aromatic rings. The molecule has 4 heterocycles. The number of rotatable bonds is 4. The predicted molar refractivity (Wildman–Crippen MR) is 107 cm³/mol. The number of nitrogens with two attached hydrogens (primary N) is 2. The number of hydrogen-bond donors (Lipinski definition) is 3. The molecule has 28 heavy (non-hydrogen) atoms. The van der Waals surface area contributed by atoms with Crippen LogP contribution in [0.1, 0.15) is 23.4 Å². The standard InChI is InChI=1S/C20H21N7O/c1-12-4-2-6-17(25-12)27-18(14-5-3-8-24-20(14)26-27)13-7-9-23-16(10-13)15(11-21)19(22)28/h2,4,6-7,9-11H,3,5,8,21H2,1H3,(H2,22,28)(H,24,26). The fourth-order valence-corrected chi connectivity index (χ4v) is 3.43. The molecule has 0 aromatic carbocycles. The first-order chi connectivity index (χ1) is 13.6. The first kappa shape index (κ1) is 17.7. The third-order valence-electron chi connectivity index (χ3n) is 4.71. The van der Waals surface area contributed by atoms with E-state index in [9.17, 15) is 4.79 Å². The van der Waals surface area contributed by atoms with Crippen molar-refractivity contribution in [2.75, 3.05) is 11.9 Å². The molecule has 1 aliphatic heterocycles. The van der Waals surface area contributed by atoms with Crippen molar-refractivity contribution >= 4 is 17.3 Å². The number of carbonyl (C=O) groups is 1. The summed E-state index contributed by atoms with van der Waals surface area (Å²) in [6, 6.07) is 9.51. The Morgan fingerprint density at radius 3 is 2.93 bits per heavy atom. The Balaban J connectivity index is 1.92. The number of pyridine rings is 2. The van der Waals surface area contributed by atoms with E-state index in [2.05, 4.69) is 15.3 Å². The van der Waals surface area contributed by atoms with Crippen molar-refractivity contribution in [3.63, 3.8) is 0 Å². The first-order valence-corrected chi connectivity index (χ1v) is 9.07. The van der Waals surface area contributed by atoms with E-state index in [1.165, 1.54) is 6.20 Å². The molecule has 4 rings (SSSR count). The highest BCUT2D eigenvalue weighted by Crippen LogP contribution is 2.34. The summed E-state index contributed by atoms with van der Waals surface area (Å²) in [6.07, 6.45) is 4.74. The van der Waals surface area contributed by atoms with Crippen LogP contribution in [-0.2, 0) is 11.2 Å². The second kappa shape index (κ2) is 7.15. The van der Waals surface area contributed by atoms with E-state index in [0.29, 0.717) is 5.69 Å². The van der Waals surface area contributed by atoms with E-state index >= 15 is 0 Å². The maximum absolute atomic E-state index is 11.7. The summed E-state index contributed by atoms with van der Waals surface area (Å²) in [7, 11) is 0. The van der Waals surface area contributed by atoms with E-state index in [0.717, 1.165) is 53.5 Å². The van der Waals surface area contributed by atoms with Crippen molar-refractivity contribution in [1.82, 2.24) is 19.7 Å². The highest BCUT2D eigenvalue weighted by atomic mass is 16.1. The summed E-state index contributed by atoms with van der Waals surface area (Å²) >= 11 is 0. The number of nitrogens with zero attached hydrogens (tertiary/aromatic N) is 4. The van der Waals surface area contributed by atoms with Gasteiger partial charge in [0.25, 0.3) is 5.91 Å². The molecule has 1 aliphatic rings. The van der Waals surface area contributed by atoms with Crippen LogP contribution in [0.2, 0.25) is 0 Å². The predicted octanol–water partition coefficient (Wildman–Crippen LogP) is 1.78. The average Bonchev–Trinajstić information content (AvgIpc) is 3.08. The minimum atomic E-state index is -0.621. The van der Waals surface area contributed by atoms with Crippen LogP contribution in [0.3, 0.4) is 0 Å². The Labute approximate surface area is 162 Å². The Hall–Kier alpha value is -3.68. The molecule has 142 valence electrons. The van der Waals surface area contributed by atoms with Crippen molar-refractivity contribution in [3.8, 4) is 17.1 Å². The number of anilines is 1. The van der Waals surface area contributed by atoms with Gasteiger partial charge in [0.2, 0.25) is 0 Å². The molecule has 5 N–H and O–H groups in total. The van der Waals surface area contributed by atoms with Crippen molar-refractivity contribution in [2.24, 2.45) is 11.5 Å². The molecule has 0 aliphatic carbocycles. The molecule has 0 bridgehead atoms. The fourth-order valence-electron chi connectivity index (χ4n) is 3.43. The average molecular weight is 375 g/mol. The second-order valence-corrected chi connectivity index (χ2v) is 6.63. The summed E-state index contributed by atoms with van der Waals surface area (Å²) in [5, 5.41) is 8.12. The van der Waals surface area contributed by atoms with Gasteiger partial charge in [0.1, 0.15) is 0 Å². The quantitative estimate of drug-likeness (QED) is 0.597. The molecule has 8 heteroatoms. The largest absolute Gasteiger partial charge is 0.404 e. The van der Waals surface area contributed by atoms with E-state index < -0.39 is 5.91 Å². The van der Waals surface area contributed by atoms with Crippen LogP contribution in [-0.4, -0.2) is 32.2 Å². The number of amides is 1. The molecule has 0 atom stereocenters. The minimum absolute atomic E-state index is 0.175. The second-order valence-electron chi connectivity index (χ2n) is 6.63. The molecular formula is C20H21N7O. The van der Waals surface area contributed by atoms with Crippen LogP contribution in [0.15, 0.2) is 42.7 Å². The van der Waals surface area contributed by atoms with Gasteiger partial charge >= 0.3 is 0 Å². The molecule has 1 amide bonds. The van der Waals surface area contributed by atoms with E-state index in [1.807, 2.05) is 41.9 Å². The lowest BCUT2D eigenvalue weighted by atomic mass is 10.0. The summed E-state index contributed by atoms with van der Waals surface area (Å²) < 4.78 is 1.84.